The van der Waals surface area contributed by atoms with Crippen molar-refractivity contribution in [2.24, 2.45) is 0 Å². The van der Waals surface area contributed by atoms with Crippen molar-refractivity contribution in [1.82, 2.24) is 15.8 Å². The van der Waals surface area contributed by atoms with Crippen molar-refractivity contribution in [2.45, 2.75) is 11.8 Å². The number of aryl methyl sites for hydroxylation is 1. The number of aromatic amines is 1. The standard InChI is InChI=1S/C18H17N3O2S/c1-12-6-2-5-9-16(12)24-11-17(22)20-21-18(23)14-10-19-15-8-4-3-7-13(14)15/h2-10,19H,11H2,1H3,(H,20,22)(H,21,23). The molecule has 1 aromatic heterocycles. The van der Waals surface area contributed by atoms with Crippen LogP contribution in [-0.2, 0) is 4.79 Å². The molecule has 0 aliphatic rings. The van der Waals surface area contributed by atoms with Crippen molar-refractivity contribution in [3.05, 3.63) is 65.9 Å². The van der Waals surface area contributed by atoms with Crippen LogP contribution in [0.15, 0.2) is 59.6 Å². The Labute approximate surface area is 143 Å². The molecule has 0 fully saturated rings. The number of thioether (sulfide) groups is 1. The van der Waals surface area contributed by atoms with E-state index in [1.54, 1.807) is 6.20 Å². The zero-order chi connectivity index (χ0) is 16.9. The van der Waals surface area contributed by atoms with E-state index in [-0.39, 0.29) is 17.6 Å². The molecule has 0 bridgehead atoms. The highest BCUT2D eigenvalue weighted by molar-refractivity contribution is 8.00. The average Bonchev–Trinajstić information content (AvgIpc) is 3.03. The van der Waals surface area contributed by atoms with E-state index in [4.69, 9.17) is 0 Å². The van der Waals surface area contributed by atoms with E-state index in [0.717, 1.165) is 21.4 Å². The number of aromatic nitrogens is 1. The lowest BCUT2D eigenvalue weighted by Gasteiger charge is -2.08. The second kappa shape index (κ2) is 7.23. The highest BCUT2D eigenvalue weighted by atomic mass is 32.2. The third-order valence-corrected chi connectivity index (χ3v) is 4.78. The lowest BCUT2D eigenvalue weighted by molar-refractivity contribution is -0.119. The number of H-pyrrole nitrogens is 1. The molecule has 0 radical (unpaired) electrons. The molecule has 0 spiro atoms. The first-order chi connectivity index (χ1) is 11.6. The summed E-state index contributed by atoms with van der Waals surface area (Å²) in [7, 11) is 0. The van der Waals surface area contributed by atoms with Gasteiger partial charge in [-0.25, -0.2) is 0 Å². The smallest absolute Gasteiger partial charge is 0.271 e. The van der Waals surface area contributed by atoms with E-state index >= 15 is 0 Å². The molecule has 5 nitrogen and oxygen atoms in total. The molecule has 3 rings (SSSR count). The molecule has 0 saturated carbocycles. The van der Waals surface area contributed by atoms with Crippen molar-refractivity contribution in [3.63, 3.8) is 0 Å². The van der Waals surface area contributed by atoms with Crippen molar-refractivity contribution in [3.8, 4) is 0 Å². The molecule has 0 atom stereocenters. The van der Waals surface area contributed by atoms with E-state index in [1.807, 2.05) is 55.5 Å². The fourth-order valence-corrected chi connectivity index (χ4v) is 3.18. The summed E-state index contributed by atoms with van der Waals surface area (Å²) < 4.78 is 0. The summed E-state index contributed by atoms with van der Waals surface area (Å²) in [6, 6.07) is 15.4. The predicted molar refractivity (Wildman–Crippen MR) is 95.8 cm³/mol. The van der Waals surface area contributed by atoms with Gasteiger partial charge in [-0.1, -0.05) is 36.4 Å². The highest BCUT2D eigenvalue weighted by Gasteiger charge is 2.12. The van der Waals surface area contributed by atoms with Gasteiger partial charge in [-0.05, 0) is 24.6 Å². The quantitative estimate of drug-likeness (QED) is 0.505. The normalized spacial score (nSPS) is 10.5. The lowest BCUT2D eigenvalue weighted by Crippen LogP contribution is -2.42. The fraction of sp³-hybridized carbons (Fsp3) is 0.111. The van der Waals surface area contributed by atoms with Crippen molar-refractivity contribution < 1.29 is 9.59 Å². The summed E-state index contributed by atoms with van der Waals surface area (Å²) in [6.07, 6.45) is 1.63. The molecule has 2 aromatic carbocycles. The van der Waals surface area contributed by atoms with E-state index < -0.39 is 0 Å². The zero-order valence-electron chi connectivity index (χ0n) is 13.1. The van der Waals surface area contributed by atoms with Crippen LogP contribution in [-0.4, -0.2) is 22.6 Å². The van der Waals surface area contributed by atoms with E-state index in [1.165, 1.54) is 11.8 Å². The van der Waals surface area contributed by atoms with Crippen LogP contribution in [0.4, 0.5) is 0 Å². The van der Waals surface area contributed by atoms with Gasteiger partial charge >= 0.3 is 0 Å². The van der Waals surface area contributed by atoms with Crippen LogP contribution in [0, 0.1) is 6.92 Å². The maximum Gasteiger partial charge on any atom is 0.271 e. The van der Waals surface area contributed by atoms with Gasteiger partial charge in [0, 0.05) is 22.0 Å². The van der Waals surface area contributed by atoms with Crippen molar-refractivity contribution >= 4 is 34.5 Å². The van der Waals surface area contributed by atoms with Gasteiger partial charge in [0.15, 0.2) is 0 Å². The van der Waals surface area contributed by atoms with Crippen LogP contribution < -0.4 is 10.9 Å². The first-order valence-corrected chi connectivity index (χ1v) is 8.47. The number of carbonyl (C=O) groups is 2. The van der Waals surface area contributed by atoms with Gasteiger partial charge in [0.25, 0.3) is 5.91 Å². The number of benzene rings is 2. The molecule has 3 aromatic rings. The number of hydrogen-bond acceptors (Lipinski definition) is 3. The zero-order valence-corrected chi connectivity index (χ0v) is 13.9. The Morgan fingerprint density at radius 1 is 1.04 bits per heavy atom. The number of rotatable bonds is 4. The topological polar surface area (TPSA) is 74.0 Å². The molecule has 6 heteroatoms. The second-order valence-corrected chi connectivity index (χ2v) is 6.32. The van der Waals surface area contributed by atoms with Crippen molar-refractivity contribution in [1.29, 1.82) is 0 Å². The SMILES string of the molecule is Cc1ccccc1SCC(=O)NNC(=O)c1c[nH]c2ccccc12. The summed E-state index contributed by atoms with van der Waals surface area (Å²) in [4.78, 5) is 28.2. The van der Waals surface area contributed by atoms with Gasteiger partial charge < -0.3 is 4.98 Å². The number of hydrazine groups is 1. The van der Waals surface area contributed by atoms with Gasteiger partial charge in [0.1, 0.15) is 0 Å². The Bertz CT molecular complexity index is 889. The second-order valence-electron chi connectivity index (χ2n) is 5.30. The van der Waals surface area contributed by atoms with E-state index in [2.05, 4.69) is 15.8 Å². The maximum atomic E-state index is 12.2. The van der Waals surface area contributed by atoms with Crippen LogP contribution in [0.5, 0.6) is 0 Å². The van der Waals surface area contributed by atoms with Gasteiger partial charge in [-0.2, -0.15) is 0 Å². The number of amides is 2. The van der Waals surface area contributed by atoms with Crippen LogP contribution in [0.1, 0.15) is 15.9 Å². The average molecular weight is 339 g/mol. The molecule has 122 valence electrons. The first-order valence-electron chi connectivity index (χ1n) is 7.49. The molecule has 1 heterocycles. The summed E-state index contributed by atoms with van der Waals surface area (Å²) in [5, 5.41) is 0.818. The Kier molecular flexibility index (Phi) is 4.86. The Morgan fingerprint density at radius 2 is 1.79 bits per heavy atom. The number of fused-ring (bicyclic) bond motifs is 1. The van der Waals surface area contributed by atoms with Crippen molar-refractivity contribution in [2.75, 3.05) is 5.75 Å². The number of para-hydroxylation sites is 1. The Morgan fingerprint density at radius 3 is 2.62 bits per heavy atom. The van der Waals surface area contributed by atoms with Crippen LogP contribution >= 0.6 is 11.8 Å². The maximum absolute atomic E-state index is 12.2. The van der Waals surface area contributed by atoms with Crippen LogP contribution in [0.2, 0.25) is 0 Å². The number of hydrogen-bond donors (Lipinski definition) is 3. The molecule has 24 heavy (non-hydrogen) atoms. The summed E-state index contributed by atoms with van der Waals surface area (Å²) in [5.74, 6) is -0.364. The van der Waals surface area contributed by atoms with Crippen LogP contribution in [0.25, 0.3) is 10.9 Å². The minimum atomic E-state index is -0.346. The summed E-state index contributed by atoms with van der Waals surface area (Å²) in [6.45, 7) is 2.00. The molecule has 0 aliphatic heterocycles. The Hall–Kier alpha value is -2.73. The Balaban J connectivity index is 1.54. The predicted octanol–water partition coefficient (Wildman–Crippen LogP) is 3.03. The first kappa shape index (κ1) is 16.1. The van der Waals surface area contributed by atoms with Gasteiger partial charge in [-0.15, -0.1) is 11.8 Å². The number of nitrogens with one attached hydrogen (secondary N) is 3. The van der Waals surface area contributed by atoms with Gasteiger partial charge in [0.05, 0.1) is 11.3 Å². The summed E-state index contributed by atoms with van der Waals surface area (Å²) in [5.41, 5.74) is 7.41. The number of carbonyl (C=O) groups excluding carboxylic acids is 2. The lowest BCUT2D eigenvalue weighted by atomic mass is 10.2. The van der Waals surface area contributed by atoms with Gasteiger partial charge in [0.2, 0.25) is 5.91 Å². The molecule has 3 N–H and O–H groups in total. The molecule has 0 unspecified atom stereocenters. The minimum Gasteiger partial charge on any atom is -0.360 e. The largest absolute Gasteiger partial charge is 0.360 e. The molecule has 2 amide bonds. The van der Waals surface area contributed by atoms with E-state index in [0.29, 0.717) is 5.56 Å². The van der Waals surface area contributed by atoms with Gasteiger partial charge in [-0.3, -0.25) is 20.4 Å². The highest BCUT2D eigenvalue weighted by Crippen LogP contribution is 2.21. The molecule has 0 saturated heterocycles. The fourth-order valence-electron chi connectivity index (χ4n) is 2.35. The minimum absolute atomic E-state index is 0.235. The monoisotopic (exact) mass is 339 g/mol. The van der Waals surface area contributed by atoms with Crippen LogP contribution in [0.3, 0.4) is 0 Å². The van der Waals surface area contributed by atoms with E-state index in [9.17, 15) is 9.59 Å². The molecule has 0 aliphatic carbocycles. The third kappa shape index (κ3) is 3.60. The third-order valence-electron chi connectivity index (χ3n) is 3.60. The molecular weight excluding hydrogens is 322 g/mol. The molecular formula is C18H17N3O2S. The summed E-state index contributed by atoms with van der Waals surface area (Å²) >= 11 is 1.44.